The van der Waals surface area contributed by atoms with E-state index in [1.54, 1.807) is 13.0 Å². The SMILES string of the molecule is CC1=C(/C=C/C(C)=C/C=C/C(C)=C/C(=O)O)C(C)(C)CCC1.Cl. The molecule has 0 aliphatic heterocycles. The van der Waals surface area contributed by atoms with E-state index in [-0.39, 0.29) is 17.8 Å². The maximum atomic E-state index is 10.5. The van der Waals surface area contributed by atoms with Gasteiger partial charge in [0.1, 0.15) is 0 Å². The van der Waals surface area contributed by atoms with Gasteiger partial charge in [-0.25, -0.2) is 4.79 Å². The number of hydrogen-bond donors (Lipinski definition) is 1. The Morgan fingerprint density at radius 1 is 1.17 bits per heavy atom. The van der Waals surface area contributed by atoms with Crippen molar-refractivity contribution in [2.24, 2.45) is 5.41 Å². The summed E-state index contributed by atoms with van der Waals surface area (Å²) in [6.07, 6.45) is 15.0. The lowest BCUT2D eigenvalue weighted by atomic mass is 9.72. The van der Waals surface area contributed by atoms with Crippen LogP contribution in [0.4, 0.5) is 0 Å². The minimum atomic E-state index is -0.912. The van der Waals surface area contributed by atoms with Crippen molar-refractivity contribution >= 4 is 18.4 Å². The quantitative estimate of drug-likeness (QED) is 0.492. The molecule has 0 unspecified atom stereocenters. The average molecular weight is 337 g/mol. The molecular weight excluding hydrogens is 308 g/mol. The molecule has 0 atom stereocenters. The highest BCUT2D eigenvalue weighted by Gasteiger charge is 2.26. The van der Waals surface area contributed by atoms with Gasteiger partial charge in [0, 0.05) is 6.08 Å². The smallest absolute Gasteiger partial charge is 0.328 e. The fourth-order valence-corrected chi connectivity index (χ4v) is 2.88. The van der Waals surface area contributed by atoms with Gasteiger partial charge in [-0.3, -0.25) is 0 Å². The maximum absolute atomic E-state index is 10.5. The van der Waals surface area contributed by atoms with Crippen molar-refractivity contribution in [2.75, 3.05) is 0 Å². The predicted octanol–water partition coefficient (Wildman–Crippen LogP) is 6.02. The summed E-state index contributed by atoms with van der Waals surface area (Å²) in [6, 6.07) is 0. The van der Waals surface area contributed by atoms with Gasteiger partial charge in [-0.15, -0.1) is 12.4 Å². The van der Waals surface area contributed by atoms with Crippen LogP contribution in [-0.2, 0) is 4.79 Å². The molecule has 2 nitrogen and oxygen atoms in total. The van der Waals surface area contributed by atoms with Gasteiger partial charge in [0.25, 0.3) is 0 Å². The van der Waals surface area contributed by atoms with E-state index < -0.39 is 5.97 Å². The first kappa shape index (κ1) is 21.5. The Kier molecular flexibility index (Phi) is 8.93. The van der Waals surface area contributed by atoms with E-state index in [4.69, 9.17) is 5.11 Å². The summed E-state index contributed by atoms with van der Waals surface area (Å²) in [5, 5.41) is 8.65. The number of carboxylic acids is 1. The summed E-state index contributed by atoms with van der Waals surface area (Å²) in [6.45, 7) is 10.7. The molecule has 0 heterocycles. The summed E-state index contributed by atoms with van der Waals surface area (Å²) >= 11 is 0. The van der Waals surface area contributed by atoms with Crippen LogP contribution in [0.2, 0.25) is 0 Å². The largest absolute Gasteiger partial charge is 0.478 e. The van der Waals surface area contributed by atoms with Gasteiger partial charge in [0.05, 0.1) is 0 Å². The summed E-state index contributed by atoms with van der Waals surface area (Å²) in [5.74, 6) is -0.912. The molecule has 0 aromatic carbocycles. The van der Waals surface area contributed by atoms with Crippen LogP contribution in [0.25, 0.3) is 0 Å². The van der Waals surface area contributed by atoms with E-state index in [0.717, 1.165) is 11.1 Å². The van der Waals surface area contributed by atoms with Crippen LogP contribution in [-0.4, -0.2) is 11.1 Å². The first-order valence-corrected chi connectivity index (χ1v) is 7.87. The van der Waals surface area contributed by atoms with E-state index in [2.05, 4.69) is 39.8 Å². The number of hydrogen-bond acceptors (Lipinski definition) is 1. The van der Waals surface area contributed by atoms with Gasteiger partial charge < -0.3 is 5.11 Å². The molecule has 0 fully saturated rings. The Bertz CT molecular complexity index is 572. The number of halogens is 1. The van der Waals surface area contributed by atoms with Crippen molar-refractivity contribution in [2.45, 2.75) is 53.9 Å². The zero-order chi connectivity index (χ0) is 16.8. The van der Waals surface area contributed by atoms with Crippen LogP contribution in [0.15, 0.2) is 58.7 Å². The summed E-state index contributed by atoms with van der Waals surface area (Å²) in [5.41, 5.74) is 5.09. The lowest BCUT2D eigenvalue weighted by Gasteiger charge is -2.32. The maximum Gasteiger partial charge on any atom is 0.328 e. The van der Waals surface area contributed by atoms with E-state index >= 15 is 0 Å². The molecule has 1 rings (SSSR count). The molecule has 0 spiro atoms. The van der Waals surface area contributed by atoms with Gasteiger partial charge in [-0.1, -0.05) is 55.4 Å². The third-order valence-corrected chi connectivity index (χ3v) is 4.12. The summed E-state index contributed by atoms with van der Waals surface area (Å²) in [4.78, 5) is 10.5. The topological polar surface area (TPSA) is 37.3 Å². The molecule has 0 radical (unpaired) electrons. The molecule has 1 aliphatic rings. The average Bonchev–Trinajstić information content (AvgIpc) is 2.36. The standard InChI is InChI=1S/C20H28O2.ClH/c1-15(8-6-9-16(2)14-19(21)22)11-12-18-17(3)10-7-13-20(18,4)5;/h6,8-9,11-12,14H,7,10,13H2,1-5H3,(H,21,22);1H/b9-6+,12-11+,15-8+,16-14+;. The molecule has 0 aromatic heterocycles. The molecule has 0 saturated heterocycles. The molecule has 23 heavy (non-hydrogen) atoms. The molecule has 0 amide bonds. The Balaban J connectivity index is 0.00000484. The normalized spacial score (nSPS) is 19.3. The summed E-state index contributed by atoms with van der Waals surface area (Å²) in [7, 11) is 0. The number of carbonyl (C=O) groups is 1. The zero-order valence-electron chi connectivity index (χ0n) is 14.8. The van der Waals surface area contributed by atoms with Crippen LogP contribution < -0.4 is 0 Å². The monoisotopic (exact) mass is 336 g/mol. The molecule has 0 aromatic rings. The Hall–Kier alpha value is -1.54. The summed E-state index contributed by atoms with van der Waals surface area (Å²) < 4.78 is 0. The van der Waals surface area contributed by atoms with Crippen molar-refractivity contribution in [1.29, 1.82) is 0 Å². The van der Waals surface area contributed by atoms with Crippen molar-refractivity contribution in [3.63, 3.8) is 0 Å². The van der Waals surface area contributed by atoms with Crippen LogP contribution in [0, 0.1) is 5.41 Å². The van der Waals surface area contributed by atoms with Crippen LogP contribution in [0.5, 0.6) is 0 Å². The Morgan fingerprint density at radius 2 is 1.83 bits per heavy atom. The van der Waals surface area contributed by atoms with Gasteiger partial charge in [-0.05, 0) is 56.6 Å². The van der Waals surface area contributed by atoms with Gasteiger partial charge in [0.15, 0.2) is 0 Å². The highest BCUT2D eigenvalue weighted by atomic mass is 35.5. The van der Waals surface area contributed by atoms with Crippen LogP contribution in [0.3, 0.4) is 0 Å². The molecule has 3 heteroatoms. The van der Waals surface area contributed by atoms with Gasteiger partial charge >= 0.3 is 5.97 Å². The fraction of sp³-hybridized carbons (Fsp3) is 0.450. The lowest BCUT2D eigenvalue weighted by Crippen LogP contribution is -2.19. The highest BCUT2D eigenvalue weighted by Crippen LogP contribution is 2.40. The second kappa shape index (κ2) is 9.57. The molecule has 1 aliphatic carbocycles. The third kappa shape index (κ3) is 7.51. The third-order valence-electron chi connectivity index (χ3n) is 4.12. The zero-order valence-corrected chi connectivity index (χ0v) is 15.7. The molecule has 0 bridgehead atoms. The molecule has 0 saturated carbocycles. The first-order valence-electron chi connectivity index (χ1n) is 7.87. The number of carboxylic acid groups (broad SMARTS) is 1. The van der Waals surface area contributed by atoms with Crippen LogP contribution >= 0.6 is 12.4 Å². The highest BCUT2D eigenvalue weighted by molar-refractivity contribution is 5.85. The Labute approximate surface area is 146 Å². The number of rotatable bonds is 5. The minimum absolute atomic E-state index is 0. The Morgan fingerprint density at radius 3 is 2.39 bits per heavy atom. The van der Waals surface area contributed by atoms with E-state index in [1.807, 2.05) is 12.2 Å². The van der Waals surface area contributed by atoms with Gasteiger partial charge in [0.2, 0.25) is 0 Å². The van der Waals surface area contributed by atoms with E-state index in [1.165, 1.54) is 36.5 Å². The fourth-order valence-electron chi connectivity index (χ4n) is 2.88. The second-order valence-corrected chi connectivity index (χ2v) is 6.76. The molecular formula is C20H29ClO2. The van der Waals surface area contributed by atoms with Crippen molar-refractivity contribution in [3.05, 3.63) is 58.7 Å². The number of allylic oxidation sites excluding steroid dienone is 9. The van der Waals surface area contributed by atoms with Crippen molar-refractivity contribution < 1.29 is 9.90 Å². The molecule has 1 N–H and O–H groups in total. The second-order valence-electron chi connectivity index (χ2n) is 6.76. The van der Waals surface area contributed by atoms with Gasteiger partial charge in [-0.2, -0.15) is 0 Å². The first-order chi connectivity index (χ1) is 10.2. The molecule has 128 valence electrons. The lowest BCUT2D eigenvalue weighted by molar-refractivity contribution is -0.131. The number of aliphatic carboxylic acids is 1. The van der Waals surface area contributed by atoms with E-state index in [9.17, 15) is 4.79 Å². The van der Waals surface area contributed by atoms with E-state index in [0.29, 0.717) is 0 Å². The van der Waals surface area contributed by atoms with Crippen molar-refractivity contribution in [3.8, 4) is 0 Å². The predicted molar refractivity (Wildman–Crippen MR) is 101 cm³/mol. The minimum Gasteiger partial charge on any atom is -0.478 e. The van der Waals surface area contributed by atoms with Crippen LogP contribution in [0.1, 0.15) is 53.9 Å². The van der Waals surface area contributed by atoms with Crippen molar-refractivity contribution in [1.82, 2.24) is 0 Å².